The van der Waals surface area contributed by atoms with Gasteiger partial charge in [0.25, 0.3) is 5.91 Å². The summed E-state index contributed by atoms with van der Waals surface area (Å²) in [6.07, 6.45) is 7.62. The Kier molecular flexibility index (Phi) is 4.63. The van der Waals surface area contributed by atoms with E-state index >= 15 is 0 Å². The number of nitrogens with one attached hydrogen (secondary N) is 1. The van der Waals surface area contributed by atoms with Crippen LogP contribution in [0.3, 0.4) is 0 Å². The fourth-order valence-electron chi connectivity index (χ4n) is 4.61. The van der Waals surface area contributed by atoms with E-state index in [2.05, 4.69) is 38.5 Å². The third-order valence-electron chi connectivity index (χ3n) is 6.45. The molecule has 1 N–H and O–H groups in total. The Morgan fingerprint density at radius 1 is 1.12 bits per heavy atom. The number of fused-ring (bicyclic) bond motifs is 2. The molecule has 3 aromatic heterocycles. The summed E-state index contributed by atoms with van der Waals surface area (Å²) in [6.45, 7) is 3.49. The van der Waals surface area contributed by atoms with E-state index in [4.69, 9.17) is 4.98 Å². The number of hydrogen-bond donors (Lipinski definition) is 1. The zero-order chi connectivity index (χ0) is 21.5. The first-order valence-electron chi connectivity index (χ1n) is 11.2. The highest BCUT2D eigenvalue weighted by molar-refractivity contribution is 5.93. The van der Waals surface area contributed by atoms with Crippen molar-refractivity contribution in [2.75, 3.05) is 24.5 Å². The van der Waals surface area contributed by atoms with Crippen LogP contribution in [-0.2, 0) is 6.54 Å². The predicted octanol–water partition coefficient (Wildman–Crippen LogP) is 2.87. The summed E-state index contributed by atoms with van der Waals surface area (Å²) in [5.74, 6) is 2.44. The molecule has 1 amide bonds. The van der Waals surface area contributed by atoms with Crippen molar-refractivity contribution < 1.29 is 4.79 Å². The van der Waals surface area contributed by atoms with E-state index < -0.39 is 0 Å². The van der Waals surface area contributed by atoms with Crippen LogP contribution in [-0.4, -0.2) is 49.7 Å². The van der Waals surface area contributed by atoms with Crippen LogP contribution in [0, 0.1) is 11.8 Å². The maximum absolute atomic E-state index is 12.8. The maximum atomic E-state index is 12.8. The van der Waals surface area contributed by atoms with Gasteiger partial charge in [-0.3, -0.25) is 4.79 Å². The number of carbonyl (C=O) groups excluding carboxylic acids is 1. The molecule has 2 aliphatic rings. The molecule has 1 aliphatic heterocycles. The Labute approximate surface area is 185 Å². The first-order valence-corrected chi connectivity index (χ1v) is 11.2. The van der Waals surface area contributed by atoms with Gasteiger partial charge in [-0.25, -0.2) is 9.97 Å². The number of imidazole rings is 1. The van der Waals surface area contributed by atoms with Gasteiger partial charge in [0, 0.05) is 56.3 Å². The lowest BCUT2D eigenvalue weighted by Crippen LogP contribution is -2.26. The van der Waals surface area contributed by atoms with Gasteiger partial charge in [0.05, 0.1) is 12.0 Å². The second kappa shape index (κ2) is 7.78. The number of carbonyl (C=O) groups is 1. The van der Waals surface area contributed by atoms with Crippen LogP contribution in [0.5, 0.6) is 0 Å². The molecule has 0 radical (unpaired) electrons. The van der Waals surface area contributed by atoms with Crippen molar-refractivity contribution in [2.24, 2.45) is 11.8 Å². The van der Waals surface area contributed by atoms with E-state index in [1.807, 2.05) is 33.5 Å². The predicted molar refractivity (Wildman–Crippen MR) is 121 cm³/mol. The molecule has 6 rings (SSSR count). The molecule has 1 aliphatic carbocycles. The summed E-state index contributed by atoms with van der Waals surface area (Å²) in [5.41, 5.74) is 3.06. The minimum atomic E-state index is -0.169. The molecule has 4 heterocycles. The fourth-order valence-corrected chi connectivity index (χ4v) is 4.61. The number of aryl methyl sites for hydroxylation is 1. The topological polar surface area (TPSA) is 80.4 Å². The van der Waals surface area contributed by atoms with Gasteiger partial charge >= 0.3 is 0 Å². The Hall–Kier alpha value is -3.68. The first-order chi connectivity index (χ1) is 15.7. The van der Waals surface area contributed by atoms with Gasteiger partial charge in [-0.05, 0) is 24.7 Å². The largest absolute Gasteiger partial charge is 0.356 e. The molecule has 2 atom stereocenters. The molecule has 8 nitrogen and oxygen atoms in total. The van der Waals surface area contributed by atoms with E-state index in [0.29, 0.717) is 17.9 Å². The van der Waals surface area contributed by atoms with E-state index in [1.54, 1.807) is 18.6 Å². The van der Waals surface area contributed by atoms with Crippen molar-refractivity contribution >= 4 is 17.4 Å². The van der Waals surface area contributed by atoms with Crippen LogP contribution >= 0.6 is 0 Å². The van der Waals surface area contributed by atoms with Gasteiger partial charge in [-0.15, -0.1) is 0 Å². The van der Waals surface area contributed by atoms with Crippen molar-refractivity contribution in [1.29, 1.82) is 0 Å². The minimum Gasteiger partial charge on any atom is -0.356 e. The summed E-state index contributed by atoms with van der Waals surface area (Å²) >= 11 is 0. The fraction of sp³-hybridized carbons (Fsp3) is 0.333. The van der Waals surface area contributed by atoms with Crippen LogP contribution in [0.2, 0.25) is 0 Å². The smallest absolute Gasteiger partial charge is 0.271 e. The normalized spacial score (nSPS) is 19.3. The number of aromatic nitrogens is 5. The van der Waals surface area contributed by atoms with E-state index in [1.165, 1.54) is 6.42 Å². The SMILES string of the molecule is O=C(NCCCn1ccnc1)c1cc2nc(-c3ccccc3)cc(N3CC4CC4C3)n2n1. The van der Waals surface area contributed by atoms with E-state index in [9.17, 15) is 4.79 Å². The molecule has 2 fully saturated rings. The number of anilines is 1. The first kappa shape index (κ1) is 19.0. The van der Waals surface area contributed by atoms with Crippen molar-refractivity contribution in [1.82, 2.24) is 29.5 Å². The highest BCUT2D eigenvalue weighted by Crippen LogP contribution is 2.46. The molecule has 1 aromatic carbocycles. The van der Waals surface area contributed by atoms with Crippen LogP contribution in [0.15, 0.2) is 61.2 Å². The number of amides is 1. The molecule has 8 heteroatoms. The highest BCUT2D eigenvalue weighted by Gasteiger charge is 2.45. The Morgan fingerprint density at radius 3 is 2.75 bits per heavy atom. The summed E-state index contributed by atoms with van der Waals surface area (Å²) in [5, 5.41) is 7.63. The minimum absolute atomic E-state index is 0.169. The van der Waals surface area contributed by atoms with Gasteiger partial charge in [-0.2, -0.15) is 9.61 Å². The van der Waals surface area contributed by atoms with E-state index in [-0.39, 0.29) is 5.91 Å². The van der Waals surface area contributed by atoms with Gasteiger partial charge in [-0.1, -0.05) is 30.3 Å². The molecular formula is C24H25N7O. The Balaban J connectivity index is 1.26. The van der Waals surface area contributed by atoms with Gasteiger partial charge in [0.2, 0.25) is 0 Å². The van der Waals surface area contributed by atoms with Crippen molar-refractivity contribution in [3.63, 3.8) is 0 Å². The van der Waals surface area contributed by atoms with Crippen molar-refractivity contribution in [3.05, 3.63) is 66.9 Å². The molecule has 32 heavy (non-hydrogen) atoms. The van der Waals surface area contributed by atoms with Gasteiger partial charge in [0.15, 0.2) is 11.3 Å². The van der Waals surface area contributed by atoms with Crippen molar-refractivity contribution in [2.45, 2.75) is 19.4 Å². The van der Waals surface area contributed by atoms with Crippen molar-refractivity contribution in [3.8, 4) is 11.3 Å². The summed E-state index contributed by atoms with van der Waals surface area (Å²) in [6, 6.07) is 14.1. The standard InChI is InChI=1S/C24H25N7O/c32-24(26-7-4-9-29-10-8-25-16-29)21-12-22-27-20(17-5-2-1-3-6-17)13-23(31(22)28-21)30-14-18-11-19(18)15-30/h1-3,5-6,8,10,12-13,16,18-19H,4,7,9,11,14-15H2,(H,26,32). The maximum Gasteiger partial charge on any atom is 0.271 e. The summed E-state index contributed by atoms with van der Waals surface area (Å²) < 4.78 is 3.83. The second-order valence-electron chi connectivity index (χ2n) is 8.74. The van der Waals surface area contributed by atoms with Gasteiger partial charge in [0.1, 0.15) is 5.82 Å². The molecule has 4 aromatic rings. The van der Waals surface area contributed by atoms with Gasteiger partial charge < -0.3 is 14.8 Å². The molecule has 1 saturated heterocycles. The van der Waals surface area contributed by atoms with Crippen LogP contribution in [0.4, 0.5) is 5.82 Å². The average molecular weight is 428 g/mol. The molecular weight excluding hydrogens is 402 g/mol. The molecule has 2 unspecified atom stereocenters. The number of nitrogens with zero attached hydrogens (tertiary/aromatic N) is 6. The quantitative estimate of drug-likeness (QED) is 0.459. The summed E-state index contributed by atoms with van der Waals surface area (Å²) in [7, 11) is 0. The lowest BCUT2D eigenvalue weighted by Gasteiger charge is -2.21. The van der Waals surface area contributed by atoms with E-state index in [0.717, 1.165) is 55.0 Å². The number of benzene rings is 1. The monoisotopic (exact) mass is 427 g/mol. The zero-order valence-electron chi connectivity index (χ0n) is 17.8. The number of rotatable bonds is 7. The zero-order valence-corrected chi connectivity index (χ0v) is 17.8. The Morgan fingerprint density at radius 2 is 1.97 bits per heavy atom. The molecule has 162 valence electrons. The summed E-state index contributed by atoms with van der Waals surface area (Å²) in [4.78, 5) is 24.0. The second-order valence-corrected chi connectivity index (χ2v) is 8.74. The lowest BCUT2D eigenvalue weighted by molar-refractivity contribution is 0.0947. The third-order valence-corrected chi connectivity index (χ3v) is 6.45. The number of hydrogen-bond acceptors (Lipinski definition) is 5. The average Bonchev–Trinajstić information content (AvgIpc) is 3.26. The highest BCUT2D eigenvalue weighted by atomic mass is 16.1. The van der Waals surface area contributed by atoms with Crippen LogP contribution < -0.4 is 10.2 Å². The molecule has 1 saturated carbocycles. The number of piperidine rings is 1. The van der Waals surface area contributed by atoms with Crippen LogP contribution in [0.1, 0.15) is 23.3 Å². The molecule has 0 bridgehead atoms. The molecule has 0 spiro atoms. The van der Waals surface area contributed by atoms with Crippen LogP contribution in [0.25, 0.3) is 16.9 Å². The Bertz CT molecular complexity index is 1240. The third kappa shape index (κ3) is 3.62. The lowest BCUT2D eigenvalue weighted by atomic mass is 10.1.